The molecule has 0 spiro atoms. The van der Waals surface area contributed by atoms with E-state index in [1.54, 1.807) is 17.1 Å². The van der Waals surface area contributed by atoms with Crippen molar-refractivity contribution in [2.75, 3.05) is 5.32 Å². The summed E-state index contributed by atoms with van der Waals surface area (Å²) in [7, 11) is 0. The molecule has 0 aliphatic carbocycles. The Kier molecular flexibility index (Phi) is 2.77. The van der Waals surface area contributed by atoms with E-state index < -0.39 is 0 Å². The first-order valence-electron chi connectivity index (χ1n) is 5.15. The minimum atomic E-state index is -0.243. The molecule has 0 saturated heterocycles. The van der Waals surface area contributed by atoms with Crippen LogP contribution in [0.4, 0.5) is 5.13 Å². The summed E-state index contributed by atoms with van der Waals surface area (Å²) in [5, 5.41) is 4.97. The van der Waals surface area contributed by atoms with Gasteiger partial charge in [-0.15, -0.1) is 11.3 Å². The van der Waals surface area contributed by atoms with Crippen LogP contribution in [0.5, 0.6) is 0 Å². The topological polar surface area (TPSA) is 67.8 Å². The highest BCUT2D eigenvalue weighted by molar-refractivity contribution is 7.22. The predicted molar refractivity (Wildman–Crippen MR) is 72.2 cm³/mol. The van der Waals surface area contributed by atoms with Gasteiger partial charge in [0.25, 0.3) is 5.91 Å². The second-order valence-corrected chi connectivity index (χ2v) is 5.43. The lowest BCUT2D eigenvalue weighted by Gasteiger charge is -1.95. The Hall–Kier alpha value is -1.86. The molecule has 0 aromatic carbocycles. The van der Waals surface area contributed by atoms with Crippen molar-refractivity contribution < 1.29 is 4.79 Å². The number of carbonyl (C=O) groups is 1. The van der Waals surface area contributed by atoms with E-state index in [9.17, 15) is 4.79 Å². The molecule has 3 heterocycles. The van der Waals surface area contributed by atoms with Gasteiger partial charge < -0.3 is 0 Å². The fourth-order valence-corrected chi connectivity index (χ4v) is 2.91. The summed E-state index contributed by atoms with van der Waals surface area (Å²) in [5.74, 6) is -0.243. The molecule has 1 amide bonds. The smallest absolute Gasteiger partial charge is 0.276 e. The van der Waals surface area contributed by atoms with Crippen LogP contribution >= 0.6 is 22.7 Å². The lowest BCUT2D eigenvalue weighted by Crippen LogP contribution is -2.11. The molecule has 7 heteroatoms. The van der Waals surface area contributed by atoms with Gasteiger partial charge in [-0.2, -0.15) is 4.98 Å². The van der Waals surface area contributed by atoms with E-state index in [4.69, 9.17) is 0 Å². The number of nitrogens with one attached hydrogen (secondary N) is 1. The van der Waals surface area contributed by atoms with Gasteiger partial charge in [0, 0.05) is 11.6 Å². The third kappa shape index (κ3) is 2.09. The van der Waals surface area contributed by atoms with Crippen LogP contribution in [0.25, 0.3) is 10.3 Å². The van der Waals surface area contributed by atoms with Gasteiger partial charge in [-0.05, 0) is 18.6 Å². The average Bonchev–Trinajstić information content (AvgIpc) is 2.95. The maximum Gasteiger partial charge on any atom is 0.276 e. The van der Waals surface area contributed by atoms with Gasteiger partial charge in [-0.3, -0.25) is 10.1 Å². The molecule has 0 unspecified atom stereocenters. The fraction of sp³-hybridized carbons (Fsp3) is 0.0909. The molecule has 5 nitrogen and oxygen atoms in total. The zero-order valence-corrected chi connectivity index (χ0v) is 11.0. The molecule has 3 aromatic rings. The minimum absolute atomic E-state index is 0.243. The van der Waals surface area contributed by atoms with Crippen molar-refractivity contribution in [1.29, 1.82) is 0 Å². The van der Waals surface area contributed by atoms with Crippen molar-refractivity contribution >= 4 is 44.1 Å². The summed E-state index contributed by atoms with van der Waals surface area (Å²) in [6.07, 6.45) is 1.76. The number of aryl methyl sites for hydroxylation is 1. The van der Waals surface area contributed by atoms with Gasteiger partial charge in [0.1, 0.15) is 5.69 Å². The van der Waals surface area contributed by atoms with E-state index in [0.717, 1.165) is 10.3 Å². The van der Waals surface area contributed by atoms with E-state index in [1.807, 2.05) is 13.0 Å². The predicted octanol–water partition coefficient (Wildman–Crippen LogP) is 2.71. The SMILES string of the molecule is Cc1cnc2nc(NC(=O)c3cscn3)sc2c1. The van der Waals surface area contributed by atoms with Crippen LogP contribution < -0.4 is 5.32 Å². The summed E-state index contributed by atoms with van der Waals surface area (Å²) in [4.78, 5) is 24.2. The monoisotopic (exact) mass is 276 g/mol. The van der Waals surface area contributed by atoms with Crippen LogP contribution in [-0.4, -0.2) is 20.9 Å². The molecule has 3 rings (SSSR count). The number of hydrogen-bond donors (Lipinski definition) is 1. The summed E-state index contributed by atoms with van der Waals surface area (Å²) in [6.45, 7) is 1.97. The maximum absolute atomic E-state index is 11.8. The fourth-order valence-electron chi connectivity index (χ4n) is 1.46. The van der Waals surface area contributed by atoms with Crippen molar-refractivity contribution in [2.24, 2.45) is 0 Å². The van der Waals surface area contributed by atoms with Gasteiger partial charge in [0.05, 0.1) is 10.2 Å². The molecule has 0 aliphatic heterocycles. The van der Waals surface area contributed by atoms with E-state index in [1.165, 1.54) is 22.7 Å². The molecule has 90 valence electrons. The first kappa shape index (κ1) is 11.2. The number of hydrogen-bond acceptors (Lipinski definition) is 6. The molecule has 0 aliphatic rings. The molecule has 0 atom stereocenters. The van der Waals surface area contributed by atoms with Gasteiger partial charge in [-0.25, -0.2) is 9.97 Å². The number of thiazole rings is 2. The third-order valence-corrected chi connectivity index (χ3v) is 3.76. The lowest BCUT2D eigenvalue weighted by molar-refractivity contribution is 0.102. The number of anilines is 1. The summed E-state index contributed by atoms with van der Waals surface area (Å²) < 4.78 is 0.962. The highest BCUT2D eigenvalue weighted by atomic mass is 32.1. The Labute approximate surface area is 111 Å². The Balaban J connectivity index is 1.89. The molecule has 18 heavy (non-hydrogen) atoms. The van der Waals surface area contributed by atoms with Crippen molar-refractivity contribution in [3.63, 3.8) is 0 Å². The van der Waals surface area contributed by atoms with E-state index >= 15 is 0 Å². The largest absolute Gasteiger partial charge is 0.296 e. The van der Waals surface area contributed by atoms with Crippen LogP contribution in [0.3, 0.4) is 0 Å². The molecule has 0 bridgehead atoms. The van der Waals surface area contributed by atoms with Crippen LogP contribution in [0.2, 0.25) is 0 Å². The molecular formula is C11H8N4OS2. The van der Waals surface area contributed by atoms with Gasteiger partial charge in [0.2, 0.25) is 0 Å². The summed E-state index contributed by atoms with van der Waals surface area (Å²) >= 11 is 2.79. The minimum Gasteiger partial charge on any atom is -0.296 e. The number of rotatable bonds is 2. The highest BCUT2D eigenvalue weighted by Crippen LogP contribution is 2.25. The number of nitrogens with zero attached hydrogens (tertiary/aromatic N) is 3. The number of aromatic nitrogens is 3. The first-order valence-corrected chi connectivity index (χ1v) is 6.91. The van der Waals surface area contributed by atoms with E-state index in [0.29, 0.717) is 16.5 Å². The summed E-state index contributed by atoms with van der Waals surface area (Å²) in [6, 6.07) is 2.00. The quantitative estimate of drug-likeness (QED) is 0.781. The standard InChI is InChI=1S/C11H8N4OS2/c1-6-2-8-9(12-3-6)14-11(18-8)15-10(16)7-4-17-5-13-7/h2-5H,1H3,(H,12,14,15,16). The zero-order chi connectivity index (χ0) is 12.5. The van der Waals surface area contributed by atoms with Crippen molar-refractivity contribution in [2.45, 2.75) is 6.92 Å². The van der Waals surface area contributed by atoms with Crippen LogP contribution in [0.1, 0.15) is 16.1 Å². The number of amides is 1. The highest BCUT2D eigenvalue weighted by Gasteiger charge is 2.11. The lowest BCUT2D eigenvalue weighted by atomic mass is 10.3. The number of carbonyl (C=O) groups excluding carboxylic acids is 1. The normalized spacial score (nSPS) is 10.7. The maximum atomic E-state index is 11.8. The summed E-state index contributed by atoms with van der Waals surface area (Å²) in [5.41, 5.74) is 3.75. The van der Waals surface area contributed by atoms with Crippen molar-refractivity contribution in [1.82, 2.24) is 15.0 Å². The molecule has 0 saturated carbocycles. The Bertz CT molecular complexity index is 705. The van der Waals surface area contributed by atoms with Crippen LogP contribution in [0, 0.1) is 6.92 Å². The van der Waals surface area contributed by atoms with Crippen LogP contribution in [-0.2, 0) is 0 Å². The van der Waals surface area contributed by atoms with Gasteiger partial charge in [0.15, 0.2) is 10.8 Å². The Morgan fingerprint density at radius 2 is 2.28 bits per heavy atom. The van der Waals surface area contributed by atoms with Crippen LogP contribution in [0.15, 0.2) is 23.2 Å². The molecule has 0 radical (unpaired) electrons. The second kappa shape index (κ2) is 4.43. The van der Waals surface area contributed by atoms with Crippen molar-refractivity contribution in [3.05, 3.63) is 34.4 Å². The Morgan fingerprint density at radius 3 is 3.06 bits per heavy atom. The average molecular weight is 276 g/mol. The van der Waals surface area contributed by atoms with Gasteiger partial charge in [-0.1, -0.05) is 11.3 Å². The second-order valence-electron chi connectivity index (χ2n) is 3.68. The molecule has 3 aromatic heterocycles. The Morgan fingerprint density at radius 1 is 1.39 bits per heavy atom. The number of pyridine rings is 1. The molecule has 0 fully saturated rings. The van der Waals surface area contributed by atoms with Crippen molar-refractivity contribution in [3.8, 4) is 0 Å². The van der Waals surface area contributed by atoms with E-state index in [2.05, 4.69) is 20.3 Å². The van der Waals surface area contributed by atoms with Gasteiger partial charge >= 0.3 is 0 Å². The third-order valence-electron chi connectivity index (χ3n) is 2.27. The molecule has 1 N–H and O–H groups in total. The zero-order valence-electron chi connectivity index (χ0n) is 9.38. The first-order chi connectivity index (χ1) is 8.72. The molecular weight excluding hydrogens is 268 g/mol. The van der Waals surface area contributed by atoms with E-state index in [-0.39, 0.29) is 5.91 Å². The number of fused-ring (bicyclic) bond motifs is 1.